The molecule has 0 aliphatic carbocycles. The van der Waals surface area contributed by atoms with Crippen molar-refractivity contribution < 1.29 is 9.60 Å². The fourth-order valence-corrected chi connectivity index (χ4v) is 19.0. The van der Waals surface area contributed by atoms with Crippen molar-refractivity contribution in [1.82, 2.24) is 9.13 Å². The van der Waals surface area contributed by atoms with Gasteiger partial charge in [0.25, 0.3) is 0 Å². The van der Waals surface area contributed by atoms with E-state index in [0.29, 0.717) is 5.69 Å². The second-order valence-electron chi connectivity index (χ2n) is 20.9. The lowest BCUT2D eigenvalue weighted by molar-refractivity contribution is 1.17. The number of aromatic nitrogens is 2. The molecule has 13 aromatic carbocycles. The van der Waals surface area contributed by atoms with Gasteiger partial charge in [0.1, 0.15) is 0 Å². The molecule has 0 radical (unpaired) electrons. The molecule has 4 heteroatoms. The molecule has 0 saturated carbocycles. The van der Waals surface area contributed by atoms with Crippen LogP contribution in [0.25, 0.3) is 120 Å². The molecule has 0 amide bonds. The Morgan fingerprint density at radius 2 is 0.805 bits per heavy atom. The second-order valence-corrected chi connectivity index (χ2v) is 25.8. The minimum absolute atomic E-state index is 0.0943. The molecule has 82 heavy (non-hydrogen) atoms. The molecule has 2 nitrogen and oxygen atoms in total. The number of hydrogen-bond donors (Lipinski definition) is 0. The van der Waals surface area contributed by atoms with Crippen LogP contribution in [0.4, 0.5) is 0 Å². The molecule has 0 spiro atoms. The number of hydrogen-bond acceptors (Lipinski definition) is 1. The predicted molar refractivity (Wildman–Crippen MR) is 353 cm³/mol. The van der Waals surface area contributed by atoms with Gasteiger partial charge in [-0.3, -0.25) is 0 Å². The summed E-state index contributed by atoms with van der Waals surface area (Å²) in [6.07, 6.45) is 0. The minimum atomic E-state index is -3.30. The molecule has 16 aromatic rings. The molecule has 3 aromatic heterocycles. The Hall–Kier alpha value is -10.1. The maximum Gasteiger partial charge on any atom is 0.179 e. The molecule has 0 aliphatic rings. The Balaban J connectivity index is 1.05. The molecular weight excluding hydrogens is 1030 g/mol. The summed E-state index contributed by atoms with van der Waals surface area (Å²) in [6, 6.07) is 92.4. The van der Waals surface area contributed by atoms with E-state index < -0.39 is 20.2 Å². The molecule has 16 rings (SSSR count). The Morgan fingerprint density at radius 1 is 0.317 bits per heavy atom. The van der Waals surface area contributed by atoms with Crippen LogP contribution in [0.3, 0.4) is 0 Å². The second kappa shape index (κ2) is 19.6. The van der Waals surface area contributed by atoms with Gasteiger partial charge in [-0.15, -0.1) is 11.3 Å². The minimum Gasteiger partial charge on any atom is -0.309 e. The van der Waals surface area contributed by atoms with Crippen molar-refractivity contribution in [2.24, 2.45) is 0 Å². The summed E-state index contributed by atoms with van der Waals surface area (Å²) in [6.45, 7) is 0. The van der Waals surface area contributed by atoms with E-state index in [4.69, 9.17) is 0 Å². The van der Waals surface area contributed by atoms with Crippen LogP contribution < -0.4 is 20.7 Å². The van der Waals surface area contributed by atoms with E-state index in [1.807, 2.05) is 65.2 Å². The van der Waals surface area contributed by atoms with Crippen LogP contribution in [-0.2, 0) is 0 Å². The van der Waals surface area contributed by atoms with Crippen molar-refractivity contribution in [3.05, 3.63) is 315 Å². The van der Waals surface area contributed by atoms with E-state index in [9.17, 15) is 9.60 Å². The van der Waals surface area contributed by atoms with Crippen molar-refractivity contribution in [2.75, 3.05) is 0 Å². The first-order chi connectivity index (χ1) is 43.6. The van der Waals surface area contributed by atoms with Crippen molar-refractivity contribution in [3.63, 3.8) is 0 Å². The third kappa shape index (κ3) is 7.46. The zero-order valence-electron chi connectivity index (χ0n) is 51.3. The largest absolute Gasteiger partial charge is 0.309 e. The quantitative estimate of drug-likeness (QED) is 0.0954. The zero-order valence-corrected chi connectivity index (χ0v) is 46.1. The highest BCUT2D eigenvalue weighted by molar-refractivity contribution is 7.26. The summed E-state index contributed by atoms with van der Waals surface area (Å²) in [7, 11) is -3.30. The van der Waals surface area contributed by atoms with Gasteiger partial charge in [0.2, 0.25) is 0 Å². The Labute approximate surface area is 491 Å². The normalized spacial score (nSPS) is 13.1. The SMILES string of the molecule is [2H]c1c([2H])c([2H])c2c(c1[2H])c1c([2H])c(-n3c4ccccc4c4cccc(-c5ccccc5-c5cccc6sc7ccccc7c56)c43)c([2H])c([2H])c1n2-c1c(-c2ccccc2)cc([Si](c2ccccc2)(c2ccccc2)c2ccccc2)cc1-c1ccccc1. The first-order valence-corrected chi connectivity index (χ1v) is 30.5. The lowest BCUT2D eigenvalue weighted by Crippen LogP contribution is -2.74. The van der Waals surface area contributed by atoms with Gasteiger partial charge in [0.05, 0.1) is 37.3 Å². The van der Waals surface area contributed by atoms with Gasteiger partial charge in [-0.1, -0.05) is 273 Å². The van der Waals surface area contributed by atoms with Crippen LogP contribution >= 0.6 is 11.3 Å². The van der Waals surface area contributed by atoms with E-state index in [1.165, 1.54) is 20.2 Å². The third-order valence-electron chi connectivity index (χ3n) is 16.5. The zero-order chi connectivity index (χ0) is 60.2. The summed E-state index contributed by atoms with van der Waals surface area (Å²) in [4.78, 5) is 0. The van der Waals surface area contributed by atoms with E-state index >= 15 is 0 Å². The van der Waals surface area contributed by atoms with Crippen LogP contribution in [0.15, 0.2) is 315 Å². The van der Waals surface area contributed by atoms with Crippen molar-refractivity contribution >= 4 is 104 Å². The first kappa shape index (κ1) is 41.0. The van der Waals surface area contributed by atoms with Gasteiger partial charge in [-0.2, -0.15) is 0 Å². The molecule has 0 N–H and O–H groups in total. The molecule has 384 valence electrons. The monoisotopic (exact) mass is 1080 g/mol. The molecular formula is C78H52N2SSi. The van der Waals surface area contributed by atoms with Crippen LogP contribution in [0.5, 0.6) is 0 Å². The van der Waals surface area contributed by atoms with E-state index in [0.717, 1.165) is 87.1 Å². The first-order valence-electron chi connectivity index (χ1n) is 31.2. The average Bonchev–Trinajstić information content (AvgIpc) is 1.57. The van der Waals surface area contributed by atoms with E-state index in [1.54, 1.807) is 15.9 Å². The summed E-state index contributed by atoms with van der Waals surface area (Å²) in [5.74, 6) is 0. The molecule has 0 fully saturated rings. The lowest BCUT2D eigenvalue weighted by atomic mass is 9.91. The van der Waals surface area contributed by atoms with Gasteiger partial charge in [0, 0.05) is 64.1 Å². The van der Waals surface area contributed by atoms with E-state index in [-0.39, 0.29) is 57.7 Å². The van der Waals surface area contributed by atoms with Crippen LogP contribution in [0.1, 0.15) is 9.60 Å². The highest BCUT2D eigenvalue weighted by Gasteiger charge is 2.42. The highest BCUT2D eigenvalue weighted by Crippen LogP contribution is 2.47. The molecule has 0 unspecified atom stereocenters. The Morgan fingerprint density at radius 3 is 1.46 bits per heavy atom. The summed E-state index contributed by atoms with van der Waals surface area (Å²) >= 11 is 1.77. The number of para-hydroxylation sites is 3. The van der Waals surface area contributed by atoms with Crippen molar-refractivity contribution in [1.29, 1.82) is 0 Å². The molecule has 0 saturated heterocycles. The predicted octanol–water partition coefficient (Wildman–Crippen LogP) is 18.3. The van der Waals surface area contributed by atoms with Gasteiger partial charge in [-0.25, -0.2) is 0 Å². The van der Waals surface area contributed by atoms with Crippen LogP contribution in [0.2, 0.25) is 0 Å². The average molecular weight is 1080 g/mol. The fraction of sp³-hybridized carbons (Fsp3) is 0. The van der Waals surface area contributed by atoms with Gasteiger partial charge in [0.15, 0.2) is 8.07 Å². The fourth-order valence-electron chi connectivity index (χ4n) is 13.1. The Kier molecular flexibility index (Phi) is 9.80. The van der Waals surface area contributed by atoms with E-state index in [2.05, 4.69) is 212 Å². The van der Waals surface area contributed by atoms with Gasteiger partial charge < -0.3 is 9.13 Å². The van der Waals surface area contributed by atoms with Gasteiger partial charge >= 0.3 is 0 Å². The summed E-state index contributed by atoms with van der Waals surface area (Å²) in [5, 5.41) is 8.93. The Bertz CT molecular complexity index is 5360. The smallest absolute Gasteiger partial charge is 0.179 e. The maximum absolute atomic E-state index is 10.9. The number of nitrogens with zero attached hydrogens (tertiary/aromatic N) is 2. The van der Waals surface area contributed by atoms with Crippen molar-refractivity contribution in [2.45, 2.75) is 0 Å². The molecule has 0 atom stereocenters. The molecule has 0 aliphatic heterocycles. The molecule has 3 heterocycles. The number of benzene rings is 13. The highest BCUT2D eigenvalue weighted by atomic mass is 32.1. The number of fused-ring (bicyclic) bond motifs is 9. The maximum atomic E-state index is 10.9. The summed E-state index contributed by atoms with van der Waals surface area (Å²) in [5.41, 5.74) is 9.44. The lowest BCUT2D eigenvalue weighted by Gasteiger charge is -2.36. The summed E-state index contributed by atoms with van der Waals surface area (Å²) < 4.78 is 77.3. The topological polar surface area (TPSA) is 9.86 Å². The van der Waals surface area contributed by atoms with Crippen LogP contribution in [-0.4, -0.2) is 17.2 Å². The molecule has 0 bridgehead atoms. The number of thiophene rings is 1. The standard InChI is InChI=1S/C78H52N2SSi/c1-6-26-53(27-7-1)68-51-59(82(56-30-10-3-11-31-56,57-32-12-4-13-33-57)58-34-14-5-15-35-58)52-69(54-28-8-2-9-29-54)78(68)80-72-45-22-19-39-63(72)70-50-55(48-49-73(70)80)79-71-44-21-18-38-62(71)66-43-24-42-65(77(66)79)61-37-17-16-36-60(61)64-41-25-47-75-76(64)67-40-20-23-46-74(67)81-75/h1-52H/i19D,22D,39D,45D,48D,49D,50D. The third-order valence-corrected chi connectivity index (χ3v) is 22.4. The van der Waals surface area contributed by atoms with Crippen LogP contribution in [0, 0.1) is 0 Å². The number of rotatable bonds is 10. The van der Waals surface area contributed by atoms with Gasteiger partial charge in [-0.05, 0) is 90.9 Å². The van der Waals surface area contributed by atoms with Crippen molar-refractivity contribution in [3.8, 4) is 55.9 Å².